The van der Waals surface area contributed by atoms with Gasteiger partial charge in [0.1, 0.15) is 6.10 Å². The largest absolute Gasteiger partial charge is 0.383 e. The molecule has 1 N–H and O–H groups in total. The molecule has 0 aromatic heterocycles. The normalized spacial score (nSPS) is 19.7. The molecule has 0 aliphatic carbocycles. The number of aliphatic hydroxyl groups excluding tert-OH is 1. The molecule has 0 bridgehead atoms. The minimum absolute atomic E-state index is 0.00586. The van der Waals surface area contributed by atoms with Crippen molar-refractivity contribution in [1.82, 2.24) is 4.90 Å². The van der Waals surface area contributed by atoms with Crippen LogP contribution in [0.1, 0.15) is 35.7 Å². The van der Waals surface area contributed by atoms with Crippen LogP contribution in [0.3, 0.4) is 0 Å². The zero-order valence-corrected chi connectivity index (χ0v) is 10.6. The van der Waals surface area contributed by atoms with Crippen molar-refractivity contribution in [3.63, 3.8) is 0 Å². The fourth-order valence-corrected chi connectivity index (χ4v) is 2.04. The third-order valence-electron chi connectivity index (χ3n) is 3.20. The van der Waals surface area contributed by atoms with E-state index in [4.69, 9.17) is 0 Å². The fraction of sp³-hybridized carbons (Fsp3) is 0.429. The summed E-state index contributed by atoms with van der Waals surface area (Å²) >= 11 is 0. The van der Waals surface area contributed by atoms with Gasteiger partial charge in [0.25, 0.3) is 5.91 Å². The number of aliphatic hydroxyl groups is 1. The second-order valence-corrected chi connectivity index (χ2v) is 4.95. The molecule has 1 amide bonds. The van der Waals surface area contributed by atoms with E-state index in [-0.39, 0.29) is 24.8 Å². The van der Waals surface area contributed by atoms with Crippen molar-refractivity contribution in [3.05, 3.63) is 35.4 Å². The van der Waals surface area contributed by atoms with Crippen molar-refractivity contribution in [3.8, 4) is 0 Å². The number of rotatable bonds is 2. The number of amides is 1. The first-order valence-electron chi connectivity index (χ1n) is 6.09. The number of nitrogens with zero attached hydrogens (tertiary/aromatic N) is 1. The maximum Gasteiger partial charge on any atom is 0.254 e. The molecular formula is C14H17NO3. The number of carbonyl (C=O) groups excluding carboxylic acids is 2. The van der Waals surface area contributed by atoms with Gasteiger partial charge in [-0.05, 0) is 23.6 Å². The van der Waals surface area contributed by atoms with E-state index in [0.29, 0.717) is 11.5 Å². The Bertz CT molecular complexity index is 482. The average Bonchev–Trinajstić information content (AvgIpc) is 2.69. The highest BCUT2D eigenvalue weighted by atomic mass is 16.3. The molecule has 18 heavy (non-hydrogen) atoms. The highest BCUT2D eigenvalue weighted by Crippen LogP contribution is 2.18. The Kier molecular flexibility index (Phi) is 3.48. The van der Waals surface area contributed by atoms with E-state index in [1.165, 1.54) is 4.90 Å². The lowest BCUT2D eigenvalue weighted by molar-refractivity contribution is -0.123. The molecule has 0 spiro atoms. The topological polar surface area (TPSA) is 57.6 Å². The molecule has 1 saturated heterocycles. The Morgan fingerprint density at radius 2 is 2.17 bits per heavy atom. The summed E-state index contributed by atoms with van der Waals surface area (Å²) < 4.78 is 0. The number of benzene rings is 1. The lowest BCUT2D eigenvalue weighted by atomic mass is 10.0. The average molecular weight is 247 g/mol. The molecule has 1 aromatic carbocycles. The van der Waals surface area contributed by atoms with E-state index in [2.05, 4.69) is 13.8 Å². The van der Waals surface area contributed by atoms with Gasteiger partial charge < -0.3 is 10.0 Å². The first kappa shape index (κ1) is 12.8. The summed E-state index contributed by atoms with van der Waals surface area (Å²) in [4.78, 5) is 24.8. The summed E-state index contributed by atoms with van der Waals surface area (Å²) in [5.41, 5.74) is 1.66. The number of ketones is 1. The van der Waals surface area contributed by atoms with Gasteiger partial charge in [-0.3, -0.25) is 9.59 Å². The number of β-amino-alcohol motifs (C(OH)–C–C–N with tert-alkyl or cyclic N) is 1. The van der Waals surface area contributed by atoms with Gasteiger partial charge in [-0.1, -0.05) is 26.0 Å². The van der Waals surface area contributed by atoms with Crippen molar-refractivity contribution in [2.24, 2.45) is 0 Å². The third-order valence-corrected chi connectivity index (χ3v) is 3.20. The van der Waals surface area contributed by atoms with Gasteiger partial charge in [0.15, 0.2) is 5.78 Å². The standard InChI is InChI=1S/C14H17NO3/c1-9(2)10-4-3-5-11(6-10)14(18)15-7-12(16)13(17)8-15/h3-6,9,12,16H,7-8H2,1-2H3. The fourth-order valence-electron chi connectivity index (χ4n) is 2.04. The number of Topliss-reactive ketones (excluding diaryl/α,β-unsaturated/α-hetero) is 1. The van der Waals surface area contributed by atoms with Crippen LogP contribution in [0.25, 0.3) is 0 Å². The Balaban J connectivity index is 2.19. The van der Waals surface area contributed by atoms with Crippen LogP contribution in [0, 0.1) is 0 Å². The molecule has 1 fully saturated rings. The van der Waals surface area contributed by atoms with Gasteiger partial charge in [-0.2, -0.15) is 0 Å². The molecule has 96 valence electrons. The van der Waals surface area contributed by atoms with Gasteiger partial charge >= 0.3 is 0 Å². The van der Waals surface area contributed by atoms with Gasteiger partial charge in [-0.25, -0.2) is 0 Å². The number of hydrogen-bond acceptors (Lipinski definition) is 3. The van der Waals surface area contributed by atoms with Gasteiger partial charge in [0.2, 0.25) is 0 Å². The molecule has 1 heterocycles. The predicted octanol–water partition coefficient (Wildman–Crippen LogP) is 1.20. The number of likely N-dealkylation sites (tertiary alicyclic amines) is 1. The summed E-state index contributed by atoms with van der Waals surface area (Å²) in [5, 5.41) is 9.36. The zero-order chi connectivity index (χ0) is 13.3. The van der Waals surface area contributed by atoms with Crippen LogP contribution in [-0.2, 0) is 4.79 Å². The molecule has 0 radical (unpaired) electrons. The van der Waals surface area contributed by atoms with E-state index < -0.39 is 6.10 Å². The smallest absolute Gasteiger partial charge is 0.254 e. The van der Waals surface area contributed by atoms with E-state index in [1.54, 1.807) is 6.07 Å². The molecule has 1 atom stereocenters. The number of carbonyl (C=O) groups is 2. The lowest BCUT2D eigenvalue weighted by Gasteiger charge is -2.15. The molecule has 4 heteroatoms. The molecule has 1 aliphatic rings. The maximum atomic E-state index is 12.2. The first-order chi connectivity index (χ1) is 8.49. The molecule has 1 unspecified atom stereocenters. The summed E-state index contributed by atoms with van der Waals surface area (Å²) in [6.45, 7) is 4.23. The summed E-state index contributed by atoms with van der Waals surface area (Å²) in [5.74, 6) is -0.130. The van der Waals surface area contributed by atoms with E-state index >= 15 is 0 Å². The van der Waals surface area contributed by atoms with E-state index in [1.807, 2.05) is 18.2 Å². The van der Waals surface area contributed by atoms with Gasteiger partial charge in [0.05, 0.1) is 13.1 Å². The second kappa shape index (κ2) is 4.90. The monoisotopic (exact) mass is 247 g/mol. The Morgan fingerprint density at radius 1 is 1.44 bits per heavy atom. The first-order valence-corrected chi connectivity index (χ1v) is 6.09. The molecule has 1 aromatic rings. The van der Waals surface area contributed by atoms with Crippen LogP contribution >= 0.6 is 0 Å². The van der Waals surface area contributed by atoms with Crippen molar-refractivity contribution in [1.29, 1.82) is 0 Å². The second-order valence-electron chi connectivity index (χ2n) is 4.95. The van der Waals surface area contributed by atoms with E-state index in [9.17, 15) is 14.7 Å². The van der Waals surface area contributed by atoms with E-state index in [0.717, 1.165) is 5.56 Å². The molecule has 0 saturated carbocycles. The predicted molar refractivity (Wildman–Crippen MR) is 67.4 cm³/mol. The highest BCUT2D eigenvalue weighted by Gasteiger charge is 2.32. The summed E-state index contributed by atoms with van der Waals surface area (Å²) in [7, 11) is 0. The Labute approximate surface area is 106 Å². The molecule has 4 nitrogen and oxygen atoms in total. The van der Waals surface area contributed by atoms with Gasteiger partial charge in [0, 0.05) is 5.56 Å². The van der Waals surface area contributed by atoms with Crippen LogP contribution < -0.4 is 0 Å². The minimum atomic E-state index is -1.03. The van der Waals surface area contributed by atoms with Crippen molar-refractivity contribution in [2.75, 3.05) is 13.1 Å². The highest BCUT2D eigenvalue weighted by molar-refractivity contribution is 5.99. The van der Waals surface area contributed by atoms with Gasteiger partial charge in [-0.15, -0.1) is 0 Å². The molecule has 1 aliphatic heterocycles. The van der Waals surface area contributed by atoms with Crippen molar-refractivity contribution >= 4 is 11.7 Å². The SMILES string of the molecule is CC(C)c1cccc(C(=O)N2CC(=O)C(O)C2)c1. The van der Waals surface area contributed by atoms with Crippen LogP contribution in [0.4, 0.5) is 0 Å². The lowest BCUT2D eigenvalue weighted by Crippen LogP contribution is -2.29. The van der Waals surface area contributed by atoms with Crippen molar-refractivity contribution in [2.45, 2.75) is 25.9 Å². The third kappa shape index (κ3) is 2.43. The minimum Gasteiger partial charge on any atom is -0.383 e. The van der Waals surface area contributed by atoms with Crippen LogP contribution in [0.5, 0.6) is 0 Å². The van der Waals surface area contributed by atoms with Crippen molar-refractivity contribution < 1.29 is 14.7 Å². The van der Waals surface area contributed by atoms with Crippen LogP contribution in [-0.4, -0.2) is 40.9 Å². The quantitative estimate of drug-likeness (QED) is 0.854. The Morgan fingerprint density at radius 3 is 2.72 bits per heavy atom. The van der Waals surface area contributed by atoms with Crippen LogP contribution in [0.2, 0.25) is 0 Å². The molecular weight excluding hydrogens is 230 g/mol. The molecule has 2 rings (SSSR count). The summed E-state index contributed by atoms with van der Waals surface area (Å²) in [6.07, 6.45) is -1.03. The summed E-state index contributed by atoms with van der Waals surface area (Å²) in [6, 6.07) is 7.41. The zero-order valence-electron chi connectivity index (χ0n) is 10.6. The van der Waals surface area contributed by atoms with Crippen LogP contribution in [0.15, 0.2) is 24.3 Å². The number of hydrogen-bond donors (Lipinski definition) is 1. The Hall–Kier alpha value is -1.68. The maximum absolute atomic E-state index is 12.2.